The van der Waals surface area contributed by atoms with Gasteiger partial charge in [0.05, 0.1) is 18.5 Å². The van der Waals surface area contributed by atoms with Crippen LogP contribution in [0.4, 0.5) is 4.39 Å². The molecule has 0 fully saturated rings. The molecule has 0 atom stereocenters. The van der Waals surface area contributed by atoms with E-state index in [4.69, 9.17) is 0 Å². The number of halogens is 1. The second-order valence-electron chi connectivity index (χ2n) is 6.19. The van der Waals surface area contributed by atoms with E-state index in [0.29, 0.717) is 18.7 Å². The lowest BCUT2D eigenvalue weighted by atomic mass is 10.1. The molecule has 7 heteroatoms. The Kier molecular flexibility index (Phi) is 6.86. The number of rotatable bonds is 8. The van der Waals surface area contributed by atoms with Gasteiger partial charge < -0.3 is 10.6 Å². The summed E-state index contributed by atoms with van der Waals surface area (Å²) in [6.45, 7) is 0.635. The minimum Gasteiger partial charge on any atom is -0.354 e. The molecule has 1 aromatic heterocycles. The number of carbonyl (C=O) groups is 2. The van der Waals surface area contributed by atoms with Crippen LogP contribution >= 0.6 is 11.3 Å². The van der Waals surface area contributed by atoms with E-state index >= 15 is 0 Å². The lowest BCUT2D eigenvalue weighted by Crippen LogP contribution is -2.36. The summed E-state index contributed by atoms with van der Waals surface area (Å²) in [7, 11) is 0. The van der Waals surface area contributed by atoms with Gasteiger partial charge in [0.2, 0.25) is 11.8 Å². The van der Waals surface area contributed by atoms with Gasteiger partial charge in [-0.2, -0.15) is 0 Å². The lowest BCUT2D eigenvalue weighted by Gasteiger charge is -2.07. The van der Waals surface area contributed by atoms with Crippen molar-refractivity contribution >= 4 is 23.2 Å². The number of benzene rings is 2. The minimum absolute atomic E-state index is 0.104. The van der Waals surface area contributed by atoms with Gasteiger partial charge in [0, 0.05) is 24.0 Å². The van der Waals surface area contributed by atoms with E-state index < -0.39 is 0 Å². The van der Waals surface area contributed by atoms with Gasteiger partial charge in [-0.3, -0.25) is 9.59 Å². The van der Waals surface area contributed by atoms with Gasteiger partial charge in [0.1, 0.15) is 10.8 Å². The molecule has 0 saturated carbocycles. The van der Waals surface area contributed by atoms with Crippen molar-refractivity contribution in [3.63, 3.8) is 0 Å². The van der Waals surface area contributed by atoms with Crippen molar-refractivity contribution in [2.75, 3.05) is 13.1 Å². The van der Waals surface area contributed by atoms with E-state index in [1.54, 1.807) is 12.1 Å². The first-order valence-electron chi connectivity index (χ1n) is 8.88. The highest BCUT2D eigenvalue weighted by molar-refractivity contribution is 7.13. The van der Waals surface area contributed by atoms with Crippen molar-refractivity contribution in [1.29, 1.82) is 0 Å². The first-order valence-corrected chi connectivity index (χ1v) is 9.76. The van der Waals surface area contributed by atoms with Crippen LogP contribution in [0.2, 0.25) is 0 Å². The molecule has 0 aliphatic carbocycles. The van der Waals surface area contributed by atoms with Gasteiger partial charge in [-0.15, -0.1) is 11.3 Å². The predicted molar refractivity (Wildman–Crippen MR) is 107 cm³/mol. The summed E-state index contributed by atoms with van der Waals surface area (Å²) in [4.78, 5) is 28.4. The largest absolute Gasteiger partial charge is 0.354 e. The van der Waals surface area contributed by atoms with Gasteiger partial charge in [-0.05, 0) is 17.7 Å². The molecule has 2 N–H and O–H groups in total. The second kappa shape index (κ2) is 9.75. The number of hydrogen-bond acceptors (Lipinski definition) is 4. The topological polar surface area (TPSA) is 71.1 Å². The number of hydrogen-bond donors (Lipinski definition) is 2. The SMILES string of the molecule is O=C(Cc1cccc(F)c1)NCCNC(=O)Cc1csc(-c2ccccc2)n1. The molecule has 3 rings (SSSR count). The highest BCUT2D eigenvalue weighted by Gasteiger charge is 2.09. The molecule has 5 nitrogen and oxygen atoms in total. The van der Waals surface area contributed by atoms with Crippen LogP contribution in [0.1, 0.15) is 11.3 Å². The number of nitrogens with zero attached hydrogens (tertiary/aromatic N) is 1. The first-order chi connectivity index (χ1) is 13.6. The third-order valence-electron chi connectivity index (χ3n) is 3.94. The summed E-state index contributed by atoms with van der Waals surface area (Å²) in [5.74, 6) is -0.730. The molecule has 0 spiro atoms. The smallest absolute Gasteiger partial charge is 0.226 e. The van der Waals surface area contributed by atoms with E-state index in [-0.39, 0.29) is 30.5 Å². The minimum atomic E-state index is -0.366. The molecule has 0 aliphatic heterocycles. The van der Waals surface area contributed by atoms with Gasteiger partial charge in [-0.25, -0.2) is 9.37 Å². The second-order valence-corrected chi connectivity index (χ2v) is 7.05. The Hall–Kier alpha value is -3.06. The Morgan fingerprint density at radius 1 is 0.929 bits per heavy atom. The van der Waals surface area contributed by atoms with Crippen LogP contribution in [0, 0.1) is 5.82 Å². The molecule has 1 heterocycles. The van der Waals surface area contributed by atoms with E-state index in [0.717, 1.165) is 16.3 Å². The predicted octanol–water partition coefficient (Wildman–Crippen LogP) is 2.97. The summed E-state index contributed by atoms with van der Waals surface area (Å²) in [5.41, 5.74) is 2.36. The van der Waals surface area contributed by atoms with Crippen LogP contribution in [-0.4, -0.2) is 29.9 Å². The number of amides is 2. The average molecular weight is 397 g/mol. The normalized spacial score (nSPS) is 10.5. The fraction of sp³-hybridized carbons (Fsp3) is 0.190. The maximum absolute atomic E-state index is 13.1. The lowest BCUT2D eigenvalue weighted by molar-refractivity contribution is -0.122. The highest BCUT2D eigenvalue weighted by atomic mass is 32.1. The highest BCUT2D eigenvalue weighted by Crippen LogP contribution is 2.23. The summed E-state index contributed by atoms with van der Waals surface area (Å²) in [6.07, 6.45) is 0.299. The molecule has 144 valence electrons. The van der Waals surface area contributed by atoms with Crippen molar-refractivity contribution in [2.24, 2.45) is 0 Å². The average Bonchev–Trinajstić information content (AvgIpc) is 3.14. The summed E-state index contributed by atoms with van der Waals surface area (Å²) < 4.78 is 13.1. The molecular formula is C21H20FN3O2S. The van der Waals surface area contributed by atoms with Gasteiger partial charge in [0.15, 0.2) is 0 Å². The molecule has 28 heavy (non-hydrogen) atoms. The van der Waals surface area contributed by atoms with Crippen molar-refractivity contribution in [3.05, 3.63) is 77.1 Å². The number of thiazole rings is 1. The molecule has 0 aliphatic rings. The summed E-state index contributed by atoms with van der Waals surface area (Å²) in [6, 6.07) is 15.7. The third kappa shape index (κ3) is 5.99. The van der Waals surface area contributed by atoms with E-state index in [1.807, 2.05) is 35.7 Å². The Morgan fingerprint density at radius 3 is 2.36 bits per heavy atom. The fourth-order valence-electron chi connectivity index (χ4n) is 2.63. The fourth-order valence-corrected chi connectivity index (χ4v) is 3.45. The van der Waals surface area contributed by atoms with Crippen molar-refractivity contribution in [3.8, 4) is 10.6 Å². The van der Waals surface area contributed by atoms with Crippen LogP contribution in [-0.2, 0) is 22.4 Å². The molecular weight excluding hydrogens is 377 g/mol. The first kappa shape index (κ1) is 19.7. The molecule has 0 unspecified atom stereocenters. The van der Waals surface area contributed by atoms with E-state index in [9.17, 15) is 14.0 Å². The van der Waals surface area contributed by atoms with E-state index in [1.165, 1.54) is 23.5 Å². The number of carbonyl (C=O) groups excluding carboxylic acids is 2. The van der Waals surface area contributed by atoms with E-state index in [2.05, 4.69) is 15.6 Å². The van der Waals surface area contributed by atoms with Crippen LogP contribution in [0.3, 0.4) is 0 Å². The van der Waals surface area contributed by atoms with Crippen molar-refractivity contribution in [2.45, 2.75) is 12.8 Å². The molecule has 2 aromatic carbocycles. The van der Waals surface area contributed by atoms with Crippen LogP contribution in [0.25, 0.3) is 10.6 Å². The standard InChI is InChI=1S/C21H20FN3O2S/c22-17-8-4-5-15(11-17)12-19(26)23-9-10-24-20(27)13-18-14-28-21(25-18)16-6-2-1-3-7-16/h1-8,11,14H,9-10,12-13H2,(H,23,26)(H,24,27). The van der Waals surface area contributed by atoms with Crippen molar-refractivity contribution in [1.82, 2.24) is 15.6 Å². The quantitative estimate of drug-likeness (QED) is 0.574. The van der Waals surface area contributed by atoms with Gasteiger partial charge >= 0.3 is 0 Å². The zero-order valence-electron chi connectivity index (χ0n) is 15.2. The van der Waals surface area contributed by atoms with Gasteiger partial charge in [0.25, 0.3) is 0 Å². The van der Waals surface area contributed by atoms with Crippen molar-refractivity contribution < 1.29 is 14.0 Å². The Labute approximate surface area is 166 Å². The Morgan fingerprint density at radius 2 is 1.64 bits per heavy atom. The molecule has 2 amide bonds. The molecule has 3 aromatic rings. The summed E-state index contributed by atoms with van der Waals surface area (Å²) in [5, 5.41) is 8.23. The van der Waals surface area contributed by atoms with Crippen LogP contribution in [0.15, 0.2) is 60.0 Å². The van der Waals surface area contributed by atoms with Crippen LogP contribution < -0.4 is 10.6 Å². The maximum Gasteiger partial charge on any atom is 0.226 e. The Balaban J connectivity index is 1.37. The van der Waals surface area contributed by atoms with Crippen LogP contribution in [0.5, 0.6) is 0 Å². The zero-order chi connectivity index (χ0) is 19.8. The Bertz CT molecular complexity index is 944. The van der Waals surface area contributed by atoms with Gasteiger partial charge in [-0.1, -0.05) is 42.5 Å². The zero-order valence-corrected chi connectivity index (χ0v) is 16.0. The third-order valence-corrected chi connectivity index (χ3v) is 4.88. The number of nitrogens with one attached hydrogen (secondary N) is 2. The maximum atomic E-state index is 13.1. The molecule has 0 saturated heterocycles. The summed E-state index contributed by atoms with van der Waals surface area (Å²) >= 11 is 1.50. The monoisotopic (exact) mass is 397 g/mol. The molecule has 0 bridgehead atoms. The molecule has 0 radical (unpaired) electrons. The number of aromatic nitrogens is 1.